The minimum absolute atomic E-state index is 0.0527. The molecule has 1 fully saturated rings. The van der Waals surface area contributed by atoms with Gasteiger partial charge in [0.1, 0.15) is 5.76 Å². The maximum Gasteiger partial charge on any atom is 0.274 e. The van der Waals surface area contributed by atoms with E-state index in [4.69, 9.17) is 9.51 Å². The van der Waals surface area contributed by atoms with E-state index in [1.54, 1.807) is 18.3 Å². The van der Waals surface area contributed by atoms with Gasteiger partial charge in [-0.05, 0) is 56.9 Å². The number of carbonyl (C=O) groups excluding carboxylic acids is 1. The van der Waals surface area contributed by atoms with Crippen LogP contribution in [0, 0.1) is 19.8 Å². The minimum Gasteiger partial charge on any atom is -0.361 e. The number of amides is 1. The lowest BCUT2D eigenvalue weighted by atomic mass is 10.0. The molecule has 4 rings (SSSR count). The lowest BCUT2D eigenvalue weighted by molar-refractivity contribution is 0.0780. The van der Waals surface area contributed by atoms with E-state index >= 15 is 0 Å². The van der Waals surface area contributed by atoms with E-state index < -0.39 is 0 Å². The molecule has 138 valence electrons. The number of hydrogen-bond acceptors (Lipinski definition) is 6. The number of aromatic nitrogens is 4. The summed E-state index contributed by atoms with van der Waals surface area (Å²) in [4.78, 5) is 19.2. The summed E-state index contributed by atoms with van der Waals surface area (Å²) < 4.78 is 5.26. The molecule has 0 radical (unpaired) electrons. The van der Waals surface area contributed by atoms with E-state index in [0.717, 1.165) is 47.8 Å². The zero-order valence-electron chi connectivity index (χ0n) is 15.4. The van der Waals surface area contributed by atoms with Crippen molar-refractivity contribution in [2.45, 2.75) is 26.7 Å². The number of hydrogen-bond donors (Lipinski definition) is 0. The molecule has 1 atom stereocenters. The maximum atomic E-state index is 12.5. The van der Waals surface area contributed by atoms with Crippen LogP contribution >= 0.6 is 0 Å². The molecule has 1 unspecified atom stereocenters. The second-order valence-electron chi connectivity index (χ2n) is 6.93. The molecule has 1 aliphatic rings. The third-order valence-corrected chi connectivity index (χ3v) is 4.96. The summed E-state index contributed by atoms with van der Waals surface area (Å²) in [5.41, 5.74) is 4.11. The van der Waals surface area contributed by atoms with E-state index in [9.17, 15) is 4.79 Å². The molecule has 1 aliphatic heterocycles. The molecular weight excluding hydrogens is 342 g/mol. The molecule has 7 heteroatoms. The van der Waals surface area contributed by atoms with Gasteiger partial charge in [0.25, 0.3) is 5.91 Å². The van der Waals surface area contributed by atoms with Crippen molar-refractivity contribution in [2.75, 3.05) is 13.1 Å². The van der Waals surface area contributed by atoms with Crippen LogP contribution in [0.4, 0.5) is 0 Å². The summed E-state index contributed by atoms with van der Waals surface area (Å²) in [6, 6.07) is 9.47. The quantitative estimate of drug-likeness (QED) is 0.709. The minimum atomic E-state index is -0.0527. The first-order valence-electron chi connectivity index (χ1n) is 9.08. The largest absolute Gasteiger partial charge is 0.361 e. The fraction of sp³-hybridized carbons (Fsp3) is 0.350. The first-order valence-corrected chi connectivity index (χ1v) is 9.08. The number of rotatable bonds is 4. The van der Waals surface area contributed by atoms with Gasteiger partial charge in [-0.2, -0.15) is 5.10 Å². The summed E-state index contributed by atoms with van der Waals surface area (Å²) in [7, 11) is 0. The Labute approximate surface area is 157 Å². The van der Waals surface area contributed by atoms with Crippen LogP contribution in [0.1, 0.15) is 34.1 Å². The van der Waals surface area contributed by atoms with Gasteiger partial charge < -0.3 is 9.42 Å². The first kappa shape index (κ1) is 17.3. The van der Waals surface area contributed by atoms with Crippen molar-refractivity contribution in [3.63, 3.8) is 0 Å². The zero-order chi connectivity index (χ0) is 18.8. The van der Waals surface area contributed by atoms with Crippen LogP contribution in [0.5, 0.6) is 0 Å². The van der Waals surface area contributed by atoms with Gasteiger partial charge in [0.05, 0.1) is 17.0 Å². The average molecular weight is 363 g/mol. The third kappa shape index (κ3) is 3.58. The zero-order valence-corrected chi connectivity index (χ0v) is 15.4. The van der Waals surface area contributed by atoms with E-state index in [1.807, 2.05) is 36.9 Å². The molecule has 0 bridgehead atoms. The molecular formula is C20H21N5O2. The fourth-order valence-electron chi connectivity index (χ4n) is 3.64. The number of pyridine rings is 1. The lowest BCUT2D eigenvalue weighted by Crippen LogP contribution is -2.29. The summed E-state index contributed by atoms with van der Waals surface area (Å²) in [6.07, 6.45) is 3.37. The Morgan fingerprint density at radius 2 is 2.15 bits per heavy atom. The Kier molecular flexibility index (Phi) is 4.66. The van der Waals surface area contributed by atoms with Gasteiger partial charge in [-0.3, -0.25) is 9.78 Å². The van der Waals surface area contributed by atoms with Crippen LogP contribution in [0.3, 0.4) is 0 Å². The Morgan fingerprint density at radius 1 is 1.26 bits per heavy atom. The summed E-state index contributed by atoms with van der Waals surface area (Å²) in [6.45, 7) is 5.28. The van der Waals surface area contributed by atoms with E-state index in [-0.39, 0.29) is 5.91 Å². The van der Waals surface area contributed by atoms with Gasteiger partial charge in [0.2, 0.25) is 0 Å². The van der Waals surface area contributed by atoms with Gasteiger partial charge in [0.15, 0.2) is 5.69 Å². The number of nitrogens with zero attached hydrogens (tertiary/aromatic N) is 5. The topological polar surface area (TPSA) is 85.0 Å². The summed E-state index contributed by atoms with van der Waals surface area (Å²) in [5.74, 6) is 1.11. The highest BCUT2D eigenvalue weighted by Gasteiger charge is 2.28. The average Bonchev–Trinajstić information content (AvgIpc) is 3.28. The monoisotopic (exact) mass is 363 g/mol. The molecule has 7 nitrogen and oxygen atoms in total. The molecule has 1 saturated heterocycles. The van der Waals surface area contributed by atoms with Crippen molar-refractivity contribution in [1.82, 2.24) is 25.2 Å². The van der Waals surface area contributed by atoms with E-state index in [2.05, 4.69) is 15.4 Å². The van der Waals surface area contributed by atoms with Gasteiger partial charge in [-0.1, -0.05) is 11.2 Å². The summed E-state index contributed by atoms with van der Waals surface area (Å²) >= 11 is 0. The van der Waals surface area contributed by atoms with Crippen molar-refractivity contribution in [2.24, 2.45) is 5.92 Å². The van der Waals surface area contributed by atoms with Gasteiger partial charge in [-0.25, -0.2) is 0 Å². The Bertz CT molecular complexity index is 935. The normalized spacial score (nSPS) is 16.7. The van der Waals surface area contributed by atoms with Gasteiger partial charge in [-0.15, -0.1) is 5.10 Å². The molecule has 4 heterocycles. The van der Waals surface area contributed by atoms with Crippen LogP contribution in [0.2, 0.25) is 0 Å². The standard InChI is InChI=1S/C20H21N5O2/c1-13-19(14(2)27-24-13)17-6-3-5-16(22-17)11-15-8-10-25(12-15)20(26)18-7-4-9-21-23-18/h3-7,9,15H,8,10-12H2,1-2H3. The molecule has 3 aromatic rings. The highest BCUT2D eigenvalue weighted by Crippen LogP contribution is 2.27. The SMILES string of the molecule is Cc1noc(C)c1-c1cccc(CC2CCN(C(=O)c3cccnn3)C2)n1. The van der Waals surface area contributed by atoms with E-state index in [1.165, 1.54) is 0 Å². The van der Waals surface area contributed by atoms with E-state index in [0.29, 0.717) is 18.2 Å². The van der Waals surface area contributed by atoms with Crippen LogP contribution in [-0.2, 0) is 6.42 Å². The fourth-order valence-corrected chi connectivity index (χ4v) is 3.64. The van der Waals surface area contributed by atoms with Crippen molar-refractivity contribution in [3.05, 3.63) is 59.4 Å². The van der Waals surface area contributed by atoms with Crippen LogP contribution in [0.15, 0.2) is 41.1 Å². The smallest absolute Gasteiger partial charge is 0.274 e. The molecule has 27 heavy (non-hydrogen) atoms. The lowest BCUT2D eigenvalue weighted by Gasteiger charge is -2.15. The molecule has 0 N–H and O–H groups in total. The highest BCUT2D eigenvalue weighted by molar-refractivity contribution is 5.92. The Morgan fingerprint density at radius 3 is 2.89 bits per heavy atom. The molecule has 1 amide bonds. The van der Waals surface area contributed by atoms with Crippen LogP contribution in [-0.4, -0.2) is 44.2 Å². The summed E-state index contributed by atoms with van der Waals surface area (Å²) in [5, 5.41) is 11.7. The third-order valence-electron chi connectivity index (χ3n) is 4.96. The molecule has 0 saturated carbocycles. The van der Waals surface area contributed by atoms with Crippen molar-refractivity contribution in [3.8, 4) is 11.3 Å². The Balaban J connectivity index is 1.45. The molecule has 0 aromatic carbocycles. The number of carbonyl (C=O) groups is 1. The van der Waals surface area contributed by atoms with Crippen molar-refractivity contribution < 1.29 is 9.32 Å². The molecule has 0 spiro atoms. The van der Waals surface area contributed by atoms with Crippen molar-refractivity contribution >= 4 is 5.91 Å². The predicted octanol–water partition coefficient (Wildman–Crippen LogP) is 2.85. The molecule has 0 aliphatic carbocycles. The second kappa shape index (κ2) is 7.26. The highest BCUT2D eigenvalue weighted by atomic mass is 16.5. The maximum absolute atomic E-state index is 12.5. The number of aryl methyl sites for hydroxylation is 2. The van der Waals surface area contributed by atoms with Gasteiger partial charge >= 0.3 is 0 Å². The molecule has 3 aromatic heterocycles. The Hall–Kier alpha value is -3.09. The van der Waals surface area contributed by atoms with Crippen molar-refractivity contribution in [1.29, 1.82) is 0 Å². The predicted molar refractivity (Wildman–Crippen MR) is 99.0 cm³/mol. The first-order chi connectivity index (χ1) is 13.1. The number of likely N-dealkylation sites (tertiary alicyclic amines) is 1. The van der Waals surface area contributed by atoms with Crippen LogP contribution < -0.4 is 0 Å². The van der Waals surface area contributed by atoms with Crippen LogP contribution in [0.25, 0.3) is 11.3 Å². The second-order valence-corrected chi connectivity index (χ2v) is 6.93. The van der Waals surface area contributed by atoms with Gasteiger partial charge in [0, 0.05) is 25.0 Å².